The Morgan fingerprint density at radius 1 is 1.06 bits per heavy atom. The molecule has 0 saturated heterocycles. The van der Waals surface area contributed by atoms with Crippen molar-refractivity contribution < 1.29 is 14.5 Å². The van der Waals surface area contributed by atoms with Gasteiger partial charge in [-0.3, -0.25) is 29.8 Å². The summed E-state index contributed by atoms with van der Waals surface area (Å²) in [5, 5.41) is 13.9. The predicted molar refractivity (Wildman–Crippen MR) is 138 cm³/mol. The van der Waals surface area contributed by atoms with Crippen LogP contribution >= 0.6 is 11.8 Å². The molecule has 0 bridgehead atoms. The zero-order chi connectivity index (χ0) is 25.7. The number of aliphatic imine (C=N–C) groups is 1. The van der Waals surface area contributed by atoms with E-state index in [9.17, 15) is 19.7 Å². The van der Waals surface area contributed by atoms with Crippen LogP contribution in [0.4, 0.5) is 11.4 Å². The lowest BCUT2D eigenvalue weighted by Crippen LogP contribution is -2.20. The number of hydrogen-bond acceptors (Lipinski definition) is 7. The van der Waals surface area contributed by atoms with Gasteiger partial charge < -0.3 is 4.74 Å². The Morgan fingerprint density at radius 3 is 2.39 bits per heavy atom. The highest BCUT2D eigenvalue weighted by molar-refractivity contribution is 7.99. The molecule has 36 heavy (non-hydrogen) atoms. The number of nitro benzene ring substituents is 1. The van der Waals surface area contributed by atoms with Crippen LogP contribution in [0.15, 0.2) is 98.4 Å². The number of methoxy groups -OCH3 is 1. The normalized spacial score (nSPS) is 11.3. The second-order valence-corrected chi connectivity index (χ2v) is 8.83. The molecule has 9 nitrogen and oxygen atoms in total. The Kier molecular flexibility index (Phi) is 7.45. The van der Waals surface area contributed by atoms with Gasteiger partial charge in [0.15, 0.2) is 0 Å². The number of carbonyl (C=O) groups is 1. The van der Waals surface area contributed by atoms with Crippen LogP contribution in [0.1, 0.15) is 18.2 Å². The lowest BCUT2D eigenvalue weighted by atomic mass is 10.1. The Labute approximate surface area is 210 Å². The van der Waals surface area contributed by atoms with Gasteiger partial charge in [-0.05, 0) is 43.3 Å². The highest BCUT2D eigenvalue weighted by atomic mass is 32.2. The highest BCUT2D eigenvalue weighted by Gasteiger charge is 2.21. The van der Waals surface area contributed by atoms with Crippen LogP contribution in [-0.4, -0.2) is 33.5 Å². The van der Waals surface area contributed by atoms with Crippen LogP contribution in [0.25, 0.3) is 5.69 Å². The maximum atomic E-state index is 13.4. The van der Waals surface area contributed by atoms with Gasteiger partial charge in [0.25, 0.3) is 11.2 Å². The van der Waals surface area contributed by atoms with Gasteiger partial charge >= 0.3 is 5.97 Å². The maximum absolute atomic E-state index is 13.4. The van der Waals surface area contributed by atoms with Crippen molar-refractivity contribution in [2.24, 2.45) is 4.99 Å². The van der Waals surface area contributed by atoms with Crippen molar-refractivity contribution >= 4 is 34.8 Å². The predicted octanol–water partition coefficient (Wildman–Crippen LogP) is 5.08. The van der Waals surface area contributed by atoms with Crippen molar-refractivity contribution in [3.05, 3.63) is 111 Å². The fourth-order valence-electron chi connectivity index (χ4n) is 3.59. The van der Waals surface area contributed by atoms with Crippen LogP contribution in [0.5, 0.6) is 0 Å². The topological polar surface area (TPSA) is 120 Å². The second-order valence-electron chi connectivity index (χ2n) is 7.71. The van der Waals surface area contributed by atoms with Crippen LogP contribution in [0, 0.1) is 10.1 Å². The molecule has 10 heteroatoms. The number of rotatable bonds is 8. The van der Waals surface area contributed by atoms with Gasteiger partial charge in [-0.1, -0.05) is 42.1 Å². The fourth-order valence-corrected chi connectivity index (χ4v) is 4.51. The standard InChI is InChI=1S/C26H22N4O5S/c1-17(27-21-10-6-7-11-23(21)36-20-8-4-3-5-9-20)25-22(16-24(31)35-2)28-29(26(25)32)18-12-14-19(15-13-18)30(33)34/h3-15,28H,16H2,1-2H3. The molecule has 0 amide bonds. The smallest absolute Gasteiger partial charge is 0.311 e. The first-order chi connectivity index (χ1) is 17.4. The van der Waals surface area contributed by atoms with E-state index < -0.39 is 16.5 Å². The molecule has 0 fully saturated rings. The number of benzene rings is 3. The molecule has 4 rings (SSSR count). The van der Waals surface area contributed by atoms with E-state index in [1.165, 1.54) is 36.1 Å². The first-order valence-corrected chi connectivity index (χ1v) is 11.7. The molecular weight excluding hydrogens is 480 g/mol. The molecular formula is C26H22N4O5S. The molecule has 0 saturated carbocycles. The fraction of sp³-hybridized carbons (Fsp3) is 0.115. The van der Waals surface area contributed by atoms with Crippen molar-refractivity contribution in [2.75, 3.05) is 7.11 Å². The summed E-state index contributed by atoms with van der Waals surface area (Å²) in [5.41, 5.74) is 1.51. The number of para-hydroxylation sites is 1. The molecule has 0 radical (unpaired) electrons. The number of hydrogen-bond donors (Lipinski definition) is 1. The van der Waals surface area contributed by atoms with E-state index >= 15 is 0 Å². The van der Waals surface area contributed by atoms with Crippen LogP contribution in [-0.2, 0) is 16.0 Å². The third-order valence-corrected chi connectivity index (χ3v) is 6.39. The first kappa shape index (κ1) is 24.7. The summed E-state index contributed by atoms with van der Waals surface area (Å²) >= 11 is 1.55. The number of H-pyrrole nitrogens is 1. The number of ether oxygens (including phenoxy) is 1. The number of aromatic amines is 1. The van der Waals surface area contributed by atoms with Gasteiger partial charge in [-0.25, -0.2) is 4.68 Å². The molecule has 4 aromatic rings. The number of aromatic nitrogens is 2. The first-order valence-electron chi connectivity index (χ1n) is 10.9. The van der Waals surface area contributed by atoms with Gasteiger partial charge in [-0.15, -0.1) is 0 Å². The number of nitrogens with one attached hydrogen (secondary N) is 1. The molecule has 0 unspecified atom stereocenters. The molecule has 1 N–H and O–H groups in total. The summed E-state index contributed by atoms with van der Waals surface area (Å²) in [6.07, 6.45) is -0.172. The molecule has 1 aromatic heterocycles. The van der Waals surface area contributed by atoms with Crippen LogP contribution in [0.3, 0.4) is 0 Å². The summed E-state index contributed by atoms with van der Waals surface area (Å²) in [6.45, 7) is 1.70. The molecule has 0 aliphatic rings. The van der Waals surface area contributed by atoms with Crippen molar-refractivity contribution in [2.45, 2.75) is 23.1 Å². The molecule has 0 atom stereocenters. The molecule has 3 aromatic carbocycles. The SMILES string of the molecule is COC(=O)Cc1[nH]n(-c2ccc([N+](=O)[O-])cc2)c(=O)c1C(C)=Nc1ccccc1Sc1ccccc1. The van der Waals surface area contributed by atoms with Crippen LogP contribution < -0.4 is 5.56 Å². The quantitative estimate of drug-likeness (QED) is 0.155. The number of nitrogens with zero attached hydrogens (tertiary/aromatic N) is 3. The van der Waals surface area contributed by atoms with E-state index in [-0.39, 0.29) is 17.7 Å². The van der Waals surface area contributed by atoms with Crippen molar-refractivity contribution in [1.29, 1.82) is 0 Å². The van der Waals surface area contributed by atoms with E-state index in [2.05, 4.69) is 5.10 Å². The van der Waals surface area contributed by atoms with Gasteiger partial charge in [0.05, 0.1) is 46.8 Å². The minimum Gasteiger partial charge on any atom is -0.469 e. The number of non-ortho nitro benzene ring substituents is 1. The van der Waals surface area contributed by atoms with Crippen molar-refractivity contribution in [3.8, 4) is 5.69 Å². The highest BCUT2D eigenvalue weighted by Crippen LogP contribution is 2.35. The number of carbonyl (C=O) groups excluding carboxylic acids is 1. The van der Waals surface area contributed by atoms with E-state index in [1.54, 1.807) is 18.7 Å². The Morgan fingerprint density at radius 2 is 1.72 bits per heavy atom. The molecule has 0 spiro atoms. The summed E-state index contributed by atoms with van der Waals surface area (Å²) in [6, 6.07) is 23.0. The average molecular weight is 503 g/mol. The number of esters is 1. The number of nitro groups is 1. The minimum atomic E-state index is -0.527. The van der Waals surface area contributed by atoms with E-state index in [1.807, 2.05) is 54.6 Å². The monoisotopic (exact) mass is 502 g/mol. The second kappa shape index (κ2) is 10.9. The summed E-state index contributed by atoms with van der Waals surface area (Å²) in [4.78, 5) is 42.7. The molecule has 182 valence electrons. The lowest BCUT2D eigenvalue weighted by molar-refractivity contribution is -0.384. The zero-order valence-corrected chi connectivity index (χ0v) is 20.3. The third-order valence-electron chi connectivity index (χ3n) is 5.32. The summed E-state index contributed by atoms with van der Waals surface area (Å²) < 4.78 is 6.04. The average Bonchev–Trinajstić information content (AvgIpc) is 3.21. The van der Waals surface area contributed by atoms with Gasteiger partial charge in [0, 0.05) is 21.9 Å². The van der Waals surface area contributed by atoms with E-state index in [0.717, 1.165) is 9.79 Å². The Balaban J connectivity index is 1.78. The van der Waals surface area contributed by atoms with E-state index in [4.69, 9.17) is 9.73 Å². The molecule has 1 heterocycles. The summed E-state index contributed by atoms with van der Waals surface area (Å²) in [7, 11) is 1.27. The molecule has 0 aliphatic heterocycles. The van der Waals surface area contributed by atoms with Gasteiger partial charge in [0.1, 0.15) is 0 Å². The van der Waals surface area contributed by atoms with Crippen molar-refractivity contribution in [1.82, 2.24) is 9.78 Å². The lowest BCUT2D eigenvalue weighted by Gasteiger charge is -2.07. The molecule has 0 aliphatic carbocycles. The maximum Gasteiger partial charge on any atom is 0.311 e. The summed E-state index contributed by atoms with van der Waals surface area (Å²) in [5.74, 6) is -0.527. The van der Waals surface area contributed by atoms with Gasteiger partial charge in [0.2, 0.25) is 0 Å². The van der Waals surface area contributed by atoms with Gasteiger partial charge in [-0.2, -0.15) is 0 Å². The Hall–Kier alpha value is -4.44. The minimum absolute atomic E-state index is 0.0985. The third kappa shape index (κ3) is 5.44. The van der Waals surface area contributed by atoms with Crippen LogP contribution in [0.2, 0.25) is 0 Å². The van der Waals surface area contributed by atoms with E-state index in [0.29, 0.717) is 22.8 Å². The largest absolute Gasteiger partial charge is 0.469 e. The zero-order valence-electron chi connectivity index (χ0n) is 19.5. The van der Waals surface area contributed by atoms with Crippen molar-refractivity contribution in [3.63, 3.8) is 0 Å². The Bertz CT molecular complexity index is 1490.